The van der Waals surface area contributed by atoms with E-state index in [1.165, 1.54) is 4.90 Å². The van der Waals surface area contributed by atoms with E-state index in [1.807, 2.05) is 51.6 Å². The normalized spacial score (nSPS) is 15.5. The first-order valence-electron chi connectivity index (χ1n) is 8.41. The number of azo groups is 1. The standard InChI is InChI=1S/C19H31ClN2OS/c1-17(2,3)21-22-19(7,13-8-14-20)23-15-9-11-16(12-10-15)24-18(4,5)6/h9-12H,8,13-14H2,1-7H3. The molecule has 0 aliphatic heterocycles. The molecule has 1 aromatic carbocycles. The van der Waals surface area contributed by atoms with E-state index in [0.717, 1.165) is 18.6 Å². The molecule has 1 rings (SSSR count). The molecule has 0 aliphatic carbocycles. The molecule has 0 bridgehead atoms. The Bertz CT molecular complexity index is 532. The zero-order chi connectivity index (χ0) is 18.4. The van der Waals surface area contributed by atoms with Gasteiger partial charge >= 0.3 is 0 Å². The molecule has 5 heteroatoms. The molecule has 0 aliphatic rings. The van der Waals surface area contributed by atoms with Gasteiger partial charge in [-0.3, -0.25) is 0 Å². The van der Waals surface area contributed by atoms with Crippen molar-refractivity contribution in [3.05, 3.63) is 24.3 Å². The largest absolute Gasteiger partial charge is 0.465 e. The molecule has 1 aromatic rings. The summed E-state index contributed by atoms with van der Waals surface area (Å²) in [4.78, 5) is 1.23. The fourth-order valence-electron chi connectivity index (χ4n) is 1.96. The van der Waals surface area contributed by atoms with E-state index < -0.39 is 5.72 Å². The lowest BCUT2D eigenvalue weighted by molar-refractivity contribution is 0.0766. The van der Waals surface area contributed by atoms with Crippen LogP contribution in [0.3, 0.4) is 0 Å². The number of nitrogens with zero attached hydrogens (tertiary/aromatic N) is 2. The maximum Gasteiger partial charge on any atom is 0.216 e. The first kappa shape index (κ1) is 21.3. The van der Waals surface area contributed by atoms with Crippen molar-refractivity contribution >= 4 is 23.4 Å². The number of hydrogen-bond donors (Lipinski definition) is 0. The molecule has 0 saturated carbocycles. The number of benzene rings is 1. The minimum absolute atomic E-state index is 0.193. The van der Waals surface area contributed by atoms with Crippen LogP contribution in [-0.2, 0) is 0 Å². The van der Waals surface area contributed by atoms with Gasteiger partial charge in [0.1, 0.15) is 5.75 Å². The molecule has 3 nitrogen and oxygen atoms in total. The van der Waals surface area contributed by atoms with Crippen molar-refractivity contribution in [2.75, 3.05) is 5.88 Å². The highest BCUT2D eigenvalue weighted by atomic mass is 35.5. The third kappa shape index (κ3) is 8.93. The van der Waals surface area contributed by atoms with Gasteiger partial charge in [0.15, 0.2) is 0 Å². The molecule has 0 radical (unpaired) electrons. The third-order valence-electron chi connectivity index (χ3n) is 2.92. The van der Waals surface area contributed by atoms with E-state index in [2.05, 4.69) is 43.1 Å². The number of alkyl halides is 1. The summed E-state index contributed by atoms with van der Waals surface area (Å²) < 4.78 is 6.35. The average molecular weight is 371 g/mol. The van der Waals surface area contributed by atoms with Gasteiger partial charge in [-0.1, -0.05) is 20.8 Å². The molecular weight excluding hydrogens is 340 g/mol. The van der Waals surface area contributed by atoms with E-state index in [4.69, 9.17) is 16.3 Å². The highest BCUT2D eigenvalue weighted by Gasteiger charge is 2.27. The Morgan fingerprint density at radius 1 is 0.958 bits per heavy atom. The van der Waals surface area contributed by atoms with Gasteiger partial charge in [0.2, 0.25) is 5.72 Å². The minimum Gasteiger partial charge on any atom is -0.465 e. The summed E-state index contributed by atoms with van der Waals surface area (Å²) in [5.41, 5.74) is -0.917. The number of rotatable bonds is 7. The van der Waals surface area contributed by atoms with Crippen LogP contribution in [0.5, 0.6) is 5.75 Å². The van der Waals surface area contributed by atoms with E-state index >= 15 is 0 Å². The highest BCUT2D eigenvalue weighted by Crippen LogP contribution is 2.33. The van der Waals surface area contributed by atoms with Crippen molar-refractivity contribution in [3.63, 3.8) is 0 Å². The average Bonchev–Trinajstić information content (AvgIpc) is 2.43. The van der Waals surface area contributed by atoms with Crippen LogP contribution in [0, 0.1) is 0 Å². The molecule has 24 heavy (non-hydrogen) atoms. The molecule has 0 heterocycles. The van der Waals surface area contributed by atoms with Gasteiger partial charge in [-0.05, 0) is 58.4 Å². The summed E-state index contributed by atoms with van der Waals surface area (Å²) in [6.07, 6.45) is 1.56. The van der Waals surface area contributed by atoms with E-state index in [-0.39, 0.29) is 10.3 Å². The molecule has 136 valence electrons. The minimum atomic E-state index is -0.694. The second-order valence-corrected chi connectivity index (χ2v) is 10.4. The molecule has 0 spiro atoms. The van der Waals surface area contributed by atoms with Gasteiger partial charge in [-0.15, -0.1) is 28.5 Å². The zero-order valence-electron chi connectivity index (χ0n) is 16.0. The summed E-state index contributed by atoms with van der Waals surface area (Å²) in [6.45, 7) is 14.7. The predicted molar refractivity (Wildman–Crippen MR) is 106 cm³/mol. The summed E-state index contributed by atoms with van der Waals surface area (Å²) in [6, 6.07) is 8.18. The molecule has 0 amide bonds. The second-order valence-electron chi connectivity index (χ2n) is 8.13. The van der Waals surface area contributed by atoms with Gasteiger partial charge in [0.25, 0.3) is 0 Å². The molecule has 0 saturated heterocycles. The number of thioether (sulfide) groups is 1. The summed E-state index contributed by atoms with van der Waals surface area (Å²) in [5, 5.41) is 8.88. The quantitative estimate of drug-likeness (QED) is 0.296. The van der Waals surface area contributed by atoms with Crippen LogP contribution in [0.4, 0.5) is 0 Å². The van der Waals surface area contributed by atoms with Gasteiger partial charge in [0, 0.05) is 21.9 Å². The Morgan fingerprint density at radius 3 is 2.00 bits per heavy atom. The van der Waals surface area contributed by atoms with Gasteiger partial charge in [-0.25, -0.2) is 0 Å². The SMILES string of the molecule is CC(C)(C)N=NC(C)(CCCCl)Oc1ccc(SC(C)(C)C)cc1. The van der Waals surface area contributed by atoms with Crippen LogP contribution in [0.15, 0.2) is 39.4 Å². The molecular formula is C19H31ClN2OS. The zero-order valence-corrected chi connectivity index (χ0v) is 17.6. The first-order chi connectivity index (χ1) is 10.9. The van der Waals surface area contributed by atoms with Crippen molar-refractivity contribution in [1.29, 1.82) is 0 Å². The lowest BCUT2D eigenvalue weighted by Gasteiger charge is -2.27. The molecule has 1 unspecified atom stereocenters. The van der Waals surface area contributed by atoms with Gasteiger partial charge in [-0.2, -0.15) is 5.11 Å². The van der Waals surface area contributed by atoms with Crippen molar-refractivity contribution in [2.24, 2.45) is 10.2 Å². The van der Waals surface area contributed by atoms with Gasteiger partial charge < -0.3 is 4.74 Å². The van der Waals surface area contributed by atoms with Crippen LogP contribution in [-0.4, -0.2) is 21.9 Å². The lowest BCUT2D eigenvalue weighted by atomic mass is 10.1. The van der Waals surface area contributed by atoms with Crippen molar-refractivity contribution in [3.8, 4) is 5.75 Å². The Balaban J connectivity index is 2.88. The van der Waals surface area contributed by atoms with Gasteiger partial charge in [0.05, 0.1) is 5.54 Å². The maximum atomic E-state index is 6.16. The number of ether oxygens (including phenoxy) is 1. The summed E-state index contributed by atoms with van der Waals surface area (Å²) in [7, 11) is 0. The first-order valence-corrected chi connectivity index (χ1v) is 9.76. The predicted octanol–water partition coefficient (Wildman–Crippen LogP) is 6.94. The Labute approximate surface area is 156 Å². The molecule has 0 aromatic heterocycles. The Kier molecular flexibility index (Phi) is 7.61. The summed E-state index contributed by atoms with van der Waals surface area (Å²) in [5.74, 6) is 1.39. The lowest BCUT2D eigenvalue weighted by Crippen LogP contribution is -2.30. The van der Waals surface area contributed by atoms with Crippen LogP contribution < -0.4 is 4.74 Å². The van der Waals surface area contributed by atoms with Crippen molar-refractivity contribution in [1.82, 2.24) is 0 Å². The fourth-order valence-corrected chi connectivity index (χ4v) is 3.07. The third-order valence-corrected chi connectivity index (χ3v) is 4.31. The molecule has 1 atom stereocenters. The Hall–Kier alpha value is -0.740. The van der Waals surface area contributed by atoms with Crippen molar-refractivity contribution < 1.29 is 4.74 Å². The van der Waals surface area contributed by atoms with Crippen LogP contribution >= 0.6 is 23.4 Å². The molecule has 0 N–H and O–H groups in total. The second kappa shape index (κ2) is 8.57. The maximum absolute atomic E-state index is 6.16. The van der Waals surface area contributed by atoms with E-state index in [0.29, 0.717) is 5.88 Å². The van der Waals surface area contributed by atoms with E-state index in [1.54, 1.807) is 0 Å². The van der Waals surface area contributed by atoms with Crippen LogP contribution in [0.1, 0.15) is 61.3 Å². The highest BCUT2D eigenvalue weighted by molar-refractivity contribution is 8.00. The monoisotopic (exact) mass is 370 g/mol. The fraction of sp³-hybridized carbons (Fsp3) is 0.684. The summed E-state index contributed by atoms with van der Waals surface area (Å²) >= 11 is 7.69. The number of halogens is 1. The smallest absolute Gasteiger partial charge is 0.216 e. The van der Waals surface area contributed by atoms with Crippen LogP contribution in [0.25, 0.3) is 0 Å². The molecule has 0 fully saturated rings. The van der Waals surface area contributed by atoms with Crippen molar-refractivity contribution in [2.45, 2.75) is 82.2 Å². The topological polar surface area (TPSA) is 34.0 Å². The van der Waals surface area contributed by atoms with Crippen LogP contribution in [0.2, 0.25) is 0 Å². The number of hydrogen-bond acceptors (Lipinski definition) is 4. The Morgan fingerprint density at radius 2 is 1.54 bits per heavy atom. The van der Waals surface area contributed by atoms with E-state index in [9.17, 15) is 0 Å².